The molecule has 5 nitrogen and oxygen atoms in total. The highest BCUT2D eigenvalue weighted by molar-refractivity contribution is 4.90. The summed E-state index contributed by atoms with van der Waals surface area (Å²) in [6, 6.07) is 0.262. The average Bonchev–Trinajstić information content (AvgIpc) is 2.70. The van der Waals surface area contributed by atoms with Crippen LogP contribution in [0, 0.1) is 0 Å². The molecule has 1 unspecified atom stereocenters. The highest BCUT2D eigenvalue weighted by Gasteiger charge is 2.11. The molecule has 1 aromatic heterocycles. The fourth-order valence-corrected chi connectivity index (χ4v) is 1.40. The Kier molecular flexibility index (Phi) is 5.17. The number of nitrogens with zero attached hydrogens (tertiary/aromatic N) is 2. The molecule has 1 aromatic rings. The van der Waals surface area contributed by atoms with Crippen molar-refractivity contribution in [3.63, 3.8) is 0 Å². The number of aromatic nitrogens is 3. The smallest absolute Gasteiger partial charge is 0.141 e. The van der Waals surface area contributed by atoms with E-state index in [1.165, 1.54) is 6.33 Å². The van der Waals surface area contributed by atoms with Crippen LogP contribution in [-0.4, -0.2) is 35.4 Å². The van der Waals surface area contributed by atoms with E-state index in [0.717, 1.165) is 31.8 Å². The number of methoxy groups -OCH3 is 1. The van der Waals surface area contributed by atoms with Crippen molar-refractivity contribution in [2.45, 2.75) is 25.8 Å². The Morgan fingerprint density at radius 3 is 3.07 bits per heavy atom. The Hall–Kier alpha value is -0.940. The second-order valence-corrected chi connectivity index (χ2v) is 3.12. The van der Waals surface area contributed by atoms with Gasteiger partial charge in [0.15, 0.2) is 0 Å². The Bertz CT molecular complexity index is 225. The summed E-state index contributed by atoms with van der Waals surface area (Å²) >= 11 is 0. The van der Waals surface area contributed by atoms with Crippen molar-refractivity contribution in [1.82, 2.24) is 20.5 Å². The predicted molar refractivity (Wildman–Crippen MR) is 53.9 cm³/mol. The number of nitrogens with one attached hydrogen (secondary N) is 2. The number of H-pyrrole nitrogens is 1. The Morgan fingerprint density at radius 1 is 1.64 bits per heavy atom. The summed E-state index contributed by atoms with van der Waals surface area (Å²) < 4.78 is 5.01. The molecule has 0 fully saturated rings. The zero-order chi connectivity index (χ0) is 10.2. The molecule has 1 rings (SSSR count). The Morgan fingerprint density at radius 2 is 2.50 bits per heavy atom. The van der Waals surface area contributed by atoms with Gasteiger partial charge in [0.05, 0.1) is 6.04 Å². The molecule has 14 heavy (non-hydrogen) atoms. The van der Waals surface area contributed by atoms with Crippen molar-refractivity contribution in [2.24, 2.45) is 0 Å². The summed E-state index contributed by atoms with van der Waals surface area (Å²) in [5, 5.41) is 10.1. The van der Waals surface area contributed by atoms with E-state index in [-0.39, 0.29) is 6.04 Å². The maximum Gasteiger partial charge on any atom is 0.141 e. The van der Waals surface area contributed by atoms with Crippen LogP contribution in [0.2, 0.25) is 0 Å². The molecule has 0 aliphatic heterocycles. The van der Waals surface area contributed by atoms with Crippen molar-refractivity contribution >= 4 is 0 Å². The van der Waals surface area contributed by atoms with Crippen molar-refractivity contribution in [3.8, 4) is 0 Å². The first kappa shape index (κ1) is 11.1. The summed E-state index contributed by atoms with van der Waals surface area (Å²) in [7, 11) is 1.72. The predicted octanol–water partition coefficient (Wildman–Crippen LogP) is 0.882. The molecule has 80 valence electrons. The molecule has 0 spiro atoms. The fraction of sp³-hybridized carbons (Fsp3) is 0.778. The van der Waals surface area contributed by atoms with Gasteiger partial charge in [-0.15, -0.1) is 0 Å². The van der Waals surface area contributed by atoms with E-state index in [4.69, 9.17) is 4.74 Å². The third-order valence-electron chi connectivity index (χ3n) is 2.06. The van der Waals surface area contributed by atoms with Gasteiger partial charge in [-0.3, -0.25) is 5.10 Å². The zero-order valence-electron chi connectivity index (χ0n) is 8.79. The van der Waals surface area contributed by atoms with Gasteiger partial charge in [-0.2, -0.15) is 5.10 Å². The van der Waals surface area contributed by atoms with Crippen LogP contribution in [0.3, 0.4) is 0 Å². The summed E-state index contributed by atoms with van der Waals surface area (Å²) in [6.07, 6.45) is 3.57. The van der Waals surface area contributed by atoms with Crippen molar-refractivity contribution in [3.05, 3.63) is 12.2 Å². The molecule has 0 amide bonds. The van der Waals surface area contributed by atoms with E-state index in [1.807, 2.05) is 0 Å². The molecule has 0 saturated heterocycles. The van der Waals surface area contributed by atoms with Crippen LogP contribution in [0.15, 0.2) is 6.33 Å². The van der Waals surface area contributed by atoms with Gasteiger partial charge >= 0.3 is 0 Å². The lowest BCUT2D eigenvalue weighted by atomic mass is 10.1. The minimum absolute atomic E-state index is 0.262. The fourth-order valence-electron chi connectivity index (χ4n) is 1.40. The first-order chi connectivity index (χ1) is 6.88. The summed E-state index contributed by atoms with van der Waals surface area (Å²) in [4.78, 5) is 4.14. The number of hydrogen-bond donors (Lipinski definition) is 2. The minimum Gasteiger partial charge on any atom is -0.385 e. The van der Waals surface area contributed by atoms with Crippen LogP contribution < -0.4 is 5.32 Å². The maximum absolute atomic E-state index is 5.01. The second kappa shape index (κ2) is 6.50. The highest BCUT2D eigenvalue weighted by atomic mass is 16.5. The van der Waals surface area contributed by atoms with E-state index in [9.17, 15) is 0 Å². The van der Waals surface area contributed by atoms with Gasteiger partial charge in [0, 0.05) is 13.7 Å². The third-order valence-corrected chi connectivity index (χ3v) is 2.06. The van der Waals surface area contributed by atoms with Gasteiger partial charge in [-0.1, -0.05) is 6.92 Å². The average molecular weight is 198 g/mol. The zero-order valence-corrected chi connectivity index (χ0v) is 8.79. The van der Waals surface area contributed by atoms with Gasteiger partial charge < -0.3 is 10.1 Å². The quantitative estimate of drug-likeness (QED) is 0.638. The molecule has 0 aliphatic carbocycles. The lowest BCUT2D eigenvalue weighted by Crippen LogP contribution is -2.22. The lowest BCUT2D eigenvalue weighted by molar-refractivity contribution is 0.188. The van der Waals surface area contributed by atoms with Gasteiger partial charge in [0.25, 0.3) is 0 Å². The maximum atomic E-state index is 5.01. The second-order valence-electron chi connectivity index (χ2n) is 3.12. The monoisotopic (exact) mass is 198 g/mol. The third kappa shape index (κ3) is 3.43. The largest absolute Gasteiger partial charge is 0.385 e. The topological polar surface area (TPSA) is 62.8 Å². The van der Waals surface area contributed by atoms with Crippen molar-refractivity contribution in [1.29, 1.82) is 0 Å². The summed E-state index contributed by atoms with van der Waals surface area (Å²) in [6.45, 7) is 3.80. The van der Waals surface area contributed by atoms with Crippen molar-refractivity contribution in [2.75, 3.05) is 20.3 Å². The molecule has 2 N–H and O–H groups in total. The number of hydrogen-bond acceptors (Lipinski definition) is 4. The van der Waals surface area contributed by atoms with Crippen LogP contribution in [-0.2, 0) is 4.74 Å². The van der Waals surface area contributed by atoms with E-state index in [1.54, 1.807) is 7.11 Å². The molecule has 5 heteroatoms. The first-order valence-electron chi connectivity index (χ1n) is 4.96. The van der Waals surface area contributed by atoms with Crippen LogP contribution in [0.25, 0.3) is 0 Å². The molecule has 0 saturated carbocycles. The Labute approximate surface area is 84.3 Å². The highest BCUT2D eigenvalue weighted by Crippen LogP contribution is 2.13. The lowest BCUT2D eigenvalue weighted by Gasteiger charge is -2.14. The van der Waals surface area contributed by atoms with Gasteiger partial charge in [-0.05, 0) is 19.4 Å². The number of ether oxygens (including phenoxy) is 1. The number of aromatic amines is 1. The van der Waals surface area contributed by atoms with E-state index in [2.05, 4.69) is 27.4 Å². The Balaban J connectivity index is 2.39. The van der Waals surface area contributed by atoms with Crippen LogP contribution >= 0.6 is 0 Å². The van der Waals surface area contributed by atoms with E-state index < -0.39 is 0 Å². The molecule has 1 atom stereocenters. The molecule has 0 aromatic carbocycles. The standard InChI is InChI=1S/C9H18N4O/c1-3-10-8(5-4-6-14-2)9-11-7-12-13-9/h7-8,10H,3-6H2,1-2H3,(H,11,12,13). The van der Waals surface area contributed by atoms with E-state index in [0.29, 0.717) is 0 Å². The summed E-state index contributed by atoms with van der Waals surface area (Å²) in [5.41, 5.74) is 0. The van der Waals surface area contributed by atoms with Gasteiger partial charge in [-0.25, -0.2) is 4.98 Å². The normalized spacial score (nSPS) is 13.0. The van der Waals surface area contributed by atoms with Crippen LogP contribution in [0.5, 0.6) is 0 Å². The van der Waals surface area contributed by atoms with Crippen LogP contribution in [0.1, 0.15) is 31.6 Å². The molecule has 0 radical (unpaired) electrons. The van der Waals surface area contributed by atoms with Crippen molar-refractivity contribution < 1.29 is 4.74 Å². The minimum atomic E-state index is 0.262. The molecule has 0 bridgehead atoms. The molecule has 1 heterocycles. The molecule has 0 aliphatic rings. The van der Waals surface area contributed by atoms with Gasteiger partial charge in [0.1, 0.15) is 12.2 Å². The van der Waals surface area contributed by atoms with Crippen LogP contribution in [0.4, 0.5) is 0 Å². The summed E-state index contributed by atoms with van der Waals surface area (Å²) in [5.74, 6) is 0.906. The van der Waals surface area contributed by atoms with E-state index >= 15 is 0 Å². The van der Waals surface area contributed by atoms with Gasteiger partial charge in [0.2, 0.25) is 0 Å². The number of rotatable bonds is 7. The molecular weight excluding hydrogens is 180 g/mol. The SMILES string of the molecule is CCNC(CCCOC)c1ncn[nH]1. The first-order valence-corrected chi connectivity index (χ1v) is 4.96. The molecular formula is C9H18N4O.